The highest BCUT2D eigenvalue weighted by Crippen LogP contribution is 2.14. The van der Waals surface area contributed by atoms with E-state index in [0.717, 1.165) is 0 Å². The smallest absolute Gasteiger partial charge is 0.337 e. The highest BCUT2D eigenvalue weighted by atomic mass is 16.4. The van der Waals surface area contributed by atoms with Crippen LogP contribution < -0.4 is 0 Å². The molecule has 3 heteroatoms. The standard InChI is InChI=1S/C10H9NO2/c1-2-7-4-3-5-8(6-11)9(7)10(12)13/h3-5H,2H2,1H3,(H,12,13). The summed E-state index contributed by atoms with van der Waals surface area (Å²) in [4.78, 5) is 10.8. The monoisotopic (exact) mass is 175 g/mol. The van der Waals surface area contributed by atoms with Crippen molar-refractivity contribution in [2.45, 2.75) is 13.3 Å². The Morgan fingerprint density at radius 3 is 2.77 bits per heavy atom. The van der Waals surface area contributed by atoms with E-state index in [1.54, 1.807) is 12.1 Å². The molecule has 0 saturated heterocycles. The van der Waals surface area contributed by atoms with Crippen LogP contribution >= 0.6 is 0 Å². The second-order valence-corrected chi connectivity index (χ2v) is 2.61. The number of hydrogen-bond donors (Lipinski definition) is 1. The molecule has 1 N–H and O–H groups in total. The van der Waals surface area contributed by atoms with Gasteiger partial charge < -0.3 is 5.11 Å². The van der Waals surface area contributed by atoms with Crippen LogP contribution in [0.1, 0.15) is 28.4 Å². The summed E-state index contributed by atoms with van der Waals surface area (Å²) in [6.07, 6.45) is 0.622. The number of aryl methyl sites for hydroxylation is 1. The zero-order valence-electron chi connectivity index (χ0n) is 7.24. The second-order valence-electron chi connectivity index (χ2n) is 2.61. The Morgan fingerprint density at radius 2 is 2.31 bits per heavy atom. The van der Waals surface area contributed by atoms with E-state index in [0.29, 0.717) is 12.0 Å². The normalized spacial score (nSPS) is 9.23. The van der Waals surface area contributed by atoms with E-state index >= 15 is 0 Å². The molecule has 0 spiro atoms. The van der Waals surface area contributed by atoms with E-state index in [-0.39, 0.29) is 11.1 Å². The fourth-order valence-electron chi connectivity index (χ4n) is 1.24. The van der Waals surface area contributed by atoms with E-state index in [1.807, 2.05) is 13.0 Å². The molecule has 0 atom stereocenters. The lowest BCUT2D eigenvalue weighted by atomic mass is 10.0. The summed E-state index contributed by atoms with van der Waals surface area (Å²) in [6.45, 7) is 1.86. The molecule has 0 fully saturated rings. The van der Waals surface area contributed by atoms with Crippen molar-refractivity contribution >= 4 is 5.97 Å². The van der Waals surface area contributed by atoms with E-state index in [2.05, 4.69) is 0 Å². The third-order valence-corrected chi connectivity index (χ3v) is 1.87. The third-order valence-electron chi connectivity index (χ3n) is 1.87. The lowest BCUT2D eigenvalue weighted by molar-refractivity contribution is 0.0695. The van der Waals surface area contributed by atoms with Gasteiger partial charge in [0.1, 0.15) is 6.07 Å². The van der Waals surface area contributed by atoms with Crippen LogP contribution in [0.3, 0.4) is 0 Å². The maximum atomic E-state index is 10.8. The van der Waals surface area contributed by atoms with Crippen LogP contribution in [-0.4, -0.2) is 11.1 Å². The maximum Gasteiger partial charge on any atom is 0.337 e. The molecule has 13 heavy (non-hydrogen) atoms. The fourth-order valence-corrected chi connectivity index (χ4v) is 1.24. The number of nitrogens with zero attached hydrogens (tertiary/aromatic N) is 1. The Hall–Kier alpha value is -1.82. The van der Waals surface area contributed by atoms with Crippen molar-refractivity contribution in [3.05, 3.63) is 34.9 Å². The summed E-state index contributed by atoms with van der Waals surface area (Å²) in [5, 5.41) is 17.5. The van der Waals surface area contributed by atoms with Gasteiger partial charge in [0.15, 0.2) is 0 Å². The summed E-state index contributed by atoms with van der Waals surface area (Å²) >= 11 is 0. The molecule has 0 heterocycles. The molecule has 0 bridgehead atoms. The molecule has 66 valence electrons. The minimum atomic E-state index is -1.03. The first kappa shape index (κ1) is 9.27. The van der Waals surface area contributed by atoms with Gasteiger partial charge >= 0.3 is 5.97 Å². The first-order chi connectivity index (χ1) is 6.20. The molecule has 0 saturated carbocycles. The van der Waals surface area contributed by atoms with Gasteiger partial charge in [0.2, 0.25) is 0 Å². The van der Waals surface area contributed by atoms with Crippen LogP contribution in [0.4, 0.5) is 0 Å². The van der Waals surface area contributed by atoms with Crippen molar-refractivity contribution in [1.82, 2.24) is 0 Å². The molecule has 0 aliphatic carbocycles. The Balaban J connectivity index is 3.41. The number of carboxylic acids is 1. The van der Waals surface area contributed by atoms with Crippen molar-refractivity contribution in [2.24, 2.45) is 0 Å². The van der Waals surface area contributed by atoms with Crippen molar-refractivity contribution in [1.29, 1.82) is 5.26 Å². The second kappa shape index (κ2) is 3.72. The molecular weight excluding hydrogens is 166 g/mol. The fraction of sp³-hybridized carbons (Fsp3) is 0.200. The van der Waals surface area contributed by atoms with Crippen molar-refractivity contribution in [3.63, 3.8) is 0 Å². The molecule has 3 nitrogen and oxygen atoms in total. The Bertz CT molecular complexity index is 377. The van der Waals surface area contributed by atoms with E-state index in [4.69, 9.17) is 10.4 Å². The van der Waals surface area contributed by atoms with Crippen molar-refractivity contribution < 1.29 is 9.90 Å². The highest BCUT2D eigenvalue weighted by Gasteiger charge is 2.13. The lowest BCUT2D eigenvalue weighted by Crippen LogP contribution is -2.04. The van der Waals surface area contributed by atoms with Gasteiger partial charge in [-0.15, -0.1) is 0 Å². The molecule has 1 aromatic carbocycles. The van der Waals surface area contributed by atoms with Gasteiger partial charge in [-0.2, -0.15) is 5.26 Å². The van der Waals surface area contributed by atoms with Gasteiger partial charge in [0.25, 0.3) is 0 Å². The van der Waals surface area contributed by atoms with E-state index in [1.165, 1.54) is 6.07 Å². The third kappa shape index (κ3) is 1.67. The van der Waals surface area contributed by atoms with E-state index in [9.17, 15) is 4.79 Å². The summed E-state index contributed by atoms with van der Waals surface area (Å²) < 4.78 is 0. The molecular formula is C10H9NO2. The van der Waals surface area contributed by atoms with Crippen LogP contribution in [0.15, 0.2) is 18.2 Å². The largest absolute Gasteiger partial charge is 0.478 e. The predicted octanol–water partition coefficient (Wildman–Crippen LogP) is 1.82. The molecule has 0 aromatic heterocycles. The average Bonchev–Trinajstić information content (AvgIpc) is 2.16. The average molecular weight is 175 g/mol. The minimum Gasteiger partial charge on any atom is -0.478 e. The van der Waals surface area contributed by atoms with Gasteiger partial charge in [0.05, 0.1) is 11.1 Å². The zero-order valence-corrected chi connectivity index (χ0v) is 7.24. The first-order valence-electron chi connectivity index (χ1n) is 3.96. The van der Waals surface area contributed by atoms with Gasteiger partial charge in [0, 0.05) is 0 Å². The molecule has 0 aliphatic rings. The van der Waals surface area contributed by atoms with Gasteiger partial charge in [-0.25, -0.2) is 4.79 Å². The van der Waals surface area contributed by atoms with Crippen LogP contribution in [-0.2, 0) is 6.42 Å². The Morgan fingerprint density at radius 1 is 1.62 bits per heavy atom. The van der Waals surface area contributed by atoms with Gasteiger partial charge in [-0.05, 0) is 18.1 Å². The number of rotatable bonds is 2. The van der Waals surface area contributed by atoms with Crippen LogP contribution in [0.5, 0.6) is 0 Å². The summed E-state index contributed by atoms with van der Waals surface area (Å²) in [7, 11) is 0. The topological polar surface area (TPSA) is 61.1 Å². The number of nitriles is 1. The number of benzene rings is 1. The molecule has 1 rings (SSSR count). The molecule has 1 aromatic rings. The van der Waals surface area contributed by atoms with Crippen molar-refractivity contribution in [3.8, 4) is 6.07 Å². The highest BCUT2D eigenvalue weighted by molar-refractivity contribution is 5.92. The molecule has 0 unspecified atom stereocenters. The van der Waals surface area contributed by atoms with E-state index < -0.39 is 5.97 Å². The van der Waals surface area contributed by atoms with Crippen molar-refractivity contribution in [2.75, 3.05) is 0 Å². The molecule has 0 amide bonds. The van der Waals surface area contributed by atoms with Gasteiger partial charge in [-0.3, -0.25) is 0 Å². The van der Waals surface area contributed by atoms with Crippen LogP contribution in [0, 0.1) is 11.3 Å². The first-order valence-corrected chi connectivity index (χ1v) is 3.96. The molecule has 0 radical (unpaired) electrons. The van der Waals surface area contributed by atoms with Gasteiger partial charge in [-0.1, -0.05) is 19.1 Å². The number of aromatic carboxylic acids is 1. The summed E-state index contributed by atoms with van der Waals surface area (Å²) in [5.41, 5.74) is 1.06. The Kier molecular flexibility index (Phi) is 2.65. The number of carbonyl (C=O) groups is 1. The zero-order chi connectivity index (χ0) is 9.84. The summed E-state index contributed by atoms with van der Waals surface area (Å²) in [5.74, 6) is -1.03. The Labute approximate surface area is 76.2 Å². The maximum absolute atomic E-state index is 10.8. The molecule has 0 aliphatic heterocycles. The lowest BCUT2D eigenvalue weighted by Gasteiger charge is -2.03. The predicted molar refractivity (Wildman–Crippen MR) is 47.5 cm³/mol. The number of hydrogen-bond acceptors (Lipinski definition) is 2. The van der Waals surface area contributed by atoms with Crippen LogP contribution in [0.2, 0.25) is 0 Å². The quantitative estimate of drug-likeness (QED) is 0.745. The van der Waals surface area contributed by atoms with Crippen LogP contribution in [0.25, 0.3) is 0 Å². The summed E-state index contributed by atoms with van der Waals surface area (Å²) in [6, 6.07) is 6.81. The minimum absolute atomic E-state index is 0.132. The SMILES string of the molecule is CCc1cccc(C#N)c1C(=O)O. The number of carboxylic acid groups (broad SMARTS) is 1.